The fraction of sp³-hybridized carbons (Fsp3) is 0.474. The Hall–Kier alpha value is -1.07. The number of hydrogen-bond donors (Lipinski definition) is 0. The molecule has 130 valence electrons. The molecular weight excluding hydrogens is 343 g/mol. The second kappa shape index (κ2) is 7.44. The van der Waals surface area contributed by atoms with Gasteiger partial charge in [0.1, 0.15) is 5.82 Å². The molecule has 24 heavy (non-hydrogen) atoms. The largest absolute Gasteiger partial charge is 0.293 e. The van der Waals surface area contributed by atoms with Crippen LogP contribution in [0.2, 0.25) is 0 Å². The van der Waals surface area contributed by atoms with Gasteiger partial charge in [-0.3, -0.25) is 9.59 Å². The number of carbonyl (C=O) groups excluding carboxylic acids is 2. The number of thioether (sulfide) groups is 2. The summed E-state index contributed by atoms with van der Waals surface area (Å²) in [6.07, 6.45) is 5.22. The average molecular weight is 367 g/mol. The number of allylic oxidation sites excluding steroid dienone is 1. The number of Topliss-reactive ketones (excluding diaryl/α,β-unsaturated/α-hetero) is 2. The van der Waals surface area contributed by atoms with Gasteiger partial charge in [-0.25, -0.2) is 4.39 Å². The average Bonchev–Trinajstić information content (AvgIpc) is 2.55. The van der Waals surface area contributed by atoms with Crippen molar-refractivity contribution in [1.82, 2.24) is 0 Å². The molecule has 5 heteroatoms. The molecule has 1 atom stereocenters. The molecule has 0 unspecified atom stereocenters. The highest BCUT2D eigenvalue weighted by molar-refractivity contribution is 8.21. The zero-order valence-corrected chi connectivity index (χ0v) is 16.4. The van der Waals surface area contributed by atoms with Gasteiger partial charge >= 0.3 is 0 Å². The van der Waals surface area contributed by atoms with Gasteiger partial charge in [-0.05, 0) is 55.9 Å². The van der Waals surface area contributed by atoms with Crippen molar-refractivity contribution < 1.29 is 14.0 Å². The Morgan fingerprint density at radius 3 is 2.38 bits per heavy atom. The van der Waals surface area contributed by atoms with Gasteiger partial charge in [0.25, 0.3) is 0 Å². The summed E-state index contributed by atoms with van der Waals surface area (Å²) in [5.41, 5.74) is 0.424. The van der Waals surface area contributed by atoms with Crippen LogP contribution in [0.1, 0.15) is 49.5 Å². The minimum absolute atomic E-state index is 0.133. The van der Waals surface area contributed by atoms with Crippen LogP contribution in [-0.2, 0) is 10.2 Å². The molecule has 0 spiro atoms. The predicted octanol–water partition coefficient (Wildman–Crippen LogP) is 5.22. The first-order valence-electron chi connectivity index (χ1n) is 7.98. The molecule has 0 fully saturated rings. The van der Waals surface area contributed by atoms with Crippen molar-refractivity contribution in [3.05, 3.63) is 45.0 Å². The van der Waals surface area contributed by atoms with Gasteiger partial charge in [0, 0.05) is 5.56 Å². The van der Waals surface area contributed by atoms with Crippen LogP contribution in [0.3, 0.4) is 0 Å². The molecule has 0 saturated heterocycles. The SMILES string of the molecule is CSC(SC)=C1C(=O)c2cc(F)ccc2[C@@](C)(CCC(C)C)C1=O. The van der Waals surface area contributed by atoms with E-state index in [0.29, 0.717) is 27.7 Å². The van der Waals surface area contributed by atoms with Crippen LogP contribution in [0.5, 0.6) is 0 Å². The van der Waals surface area contributed by atoms with Gasteiger partial charge in [0.05, 0.1) is 15.2 Å². The lowest BCUT2D eigenvalue weighted by atomic mass is 9.65. The van der Waals surface area contributed by atoms with E-state index in [-0.39, 0.29) is 17.1 Å². The van der Waals surface area contributed by atoms with E-state index in [1.54, 1.807) is 6.07 Å². The third-order valence-electron chi connectivity index (χ3n) is 4.57. The highest BCUT2D eigenvalue weighted by Gasteiger charge is 2.46. The Balaban J connectivity index is 2.71. The van der Waals surface area contributed by atoms with E-state index in [9.17, 15) is 14.0 Å². The van der Waals surface area contributed by atoms with Gasteiger partial charge in [-0.1, -0.05) is 19.9 Å². The quantitative estimate of drug-likeness (QED) is 0.528. The highest BCUT2D eigenvalue weighted by Crippen LogP contribution is 2.44. The minimum atomic E-state index is -0.784. The van der Waals surface area contributed by atoms with Crippen molar-refractivity contribution in [2.75, 3.05) is 12.5 Å². The number of benzene rings is 1. The normalized spacial score (nSPS) is 20.5. The molecule has 1 aromatic rings. The number of halogens is 1. The molecule has 1 aliphatic rings. The zero-order chi connectivity index (χ0) is 18.1. The topological polar surface area (TPSA) is 34.1 Å². The monoisotopic (exact) mass is 366 g/mol. The first kappa shape index (κ1) is 19.3. The van der Waals surface area contributed by atoms with E-state index in [1.165, 1.54) is 35.7 Å². The summed E-state index contributed by atoms with van der Waals surface area (Å²) in [6.45, 7) is 6.11. The van der Waals surface area contributed by atoms with Crippen molar-refractivity contribution in [2.45, 2.75) is 39.0 Å². The van der Waals surface area contributed by atoms with Crippen molar-refractivity contribution in [3.63, 3.8) is 0 Å². The molecule has 1 aliphatic carbocycles. The molecule has 0 amide bonds. The molecule has 0 aromatic heterocycles. The lowest BCUT2D eigenvalue weighted by molar-refractivity contribution is -0.120. The van der Waals surface area contributed by atoms with Crippen LogP contribution in [0, 0.1) is 11.7 Å². The molecule has 0 radical (unpaired) electrons. The van der Waals surface area contributed by atoms with Crippen LogP contribution in [-0.4, -0.2) is 24.1 Å². The first-order valence-corrected chi connectivity index (χ1v) is 10.4. The number of carbonyl (C=O) groups is 2. The summed E-state index contributed by atoms with van der Waals surface area (Å²) in [4.78, 5) is 26.2. The smallest absolute Gasteiger partial charge is 0.198 e. The fourth-order valence-electron chi connectivity index (χ4n) is 3.12. The van der Waals surface area contributed by atoms with Crippen LogP contribution < -0.4 is 0 Å². The van der Waals surface area contributed by atoms with Crippen LogP contribution in [0.25, 0.3) is 0 Å². The standard InChI is InChI=1S/C19H23FO2S2/c1-11(2)8-9-19(3)14-7-6-12(20)10-13(14)16(21)15(17(19)22)18(23-4)24-5/h6-7,10-11H,8-9H2,1-5H3/t19-/m1/s1. The summed E-state index contributed by atoms with van der Waals surface area (Å²) >= 11 is 2.79. The predicted molar refractivity (Wildman–Crippen MR) is 101 cm³/mol. The zero-order valence-electron chi connectivity index (χ0n) is 14.7. The molecule has 0 heterocycles. The minimum Gasteiger partial charge on any atom is -0.293 e. The third kappa shape index (κ3) is 3.33. The molecule has 0 bridgehead atoms. The Morgan fingerprint density at radius 1 is 1.21 bits per heavy atom. The van der Waals surface area contributed by atoms with Gasteiger partial charge in [-0.2, -0.15) is 0 Å². The number of hydrogen-bond acceptors (Lipinski definition) is 4. The molecule has 0 saturated carbocycles. The number of fused-ring (bicyclic) bond motifs is 1. The van der Waals surface area contributed by atoms with E-state index in [0.717, 1.165) is 6.42 Å². The van der Waals surface area contributed by atoms with Gasteiger partial charge in [0.15, 0.2) is 11.6 Å². The molecule has 2 nitrogen and oxygen atoms in total. The summed E-state index contributed by atoms with van der Waals surface area (Å²) in [6, 6.07) is 4.22. The Morgan fingerprint density at radius 2 is 1.83 bits per heavy atom. The van der Waals surface area contributed by atoms with Crippen molar-refractivity contribution >= 4 is 35.1 Å². The van der Waals surface area contributed by atoms with Gasteiger partial charge in [0.2, 0.25) is 0 Å². The number of ketones is 2. The molecular formula is C19H23FO2S2. The van der Waals surface area contributed by atoms with Crippen molar-refractivity contribution in [3.8, 4) is 0 Å². The second-order valence-corrected chi connectivity index (χ2v) is 8.57. The maximum Gasteiger partial charge on any atom is 0.198 e. The lowest BCUT2D eigenvalue weighted by Gasteiger charge is -2.36. The van der Waals surface area contributed by atoms with E-state index >= 15 is 0 Å². The molecule has 1 aromatic carbocycles. The van der Waals surface area contributed by atoms with Crippen LogP contribution in [0.4, 0.5) is 4.39 Å². The maximum absolute atomic E-state index is 13.8. The molecule has 0 N–H and O–H groups in total. The van der Waals surface area contributed by atoms with E-state index in [1.807, 2.05) is 19.4 Å². The van der Waals surface area contributed by atoms with Crippen LogP contribution in [0.15, 0.2) is 28.0 Å². The lowest BCUT2D eigenvalue weighted by Crippen LogP contribution is -2.42. The summed E-state index contributed by atoms with van der Waals surface area (Å²) in [5.74, 6) is -0.484. The first-order chi connectivity index (χ1) is 11.3. The Kier molecular flexibility index (Phi) is 5.97. The Bertz CT molecular complexity index is 703. The van der Waals surface area contributed by atoms with Crippen molar-refractivity contribution in [2.24, 2.45) is 5.92 Å². The van der Waals surface area contributed by atoms with Gasteiger partial charge < -0.3 is 0 Å². The summed E-state index contributed by atoms with van der Waals surface area (Å²) < 4.78 is 14.5. The summed E-state index contributed by atoms with van der Waals surface area (Å²) in [7, 11) is 0. The van der Waals surface area contributed by atoms with E-state index in [4.69, 9.17) is 0 Å². The number of rotatable bonds is 5. The van der Waals surface area contributed by atoms with Crippen molar-refractivity contribution in [1.29, 1.82) is 0 Å². The van der Waals surface area contributed by atoms with Crippen LogP contribution >= 0.6 is 23.5 Å². The molecule has 0 aliphatic heterocycles. The maximum atomic E-state index is 13.8. The van der Waals surface area contributed by atoms with E-state index < -0.39 is 11.2 Å². The molecule has 2 rings (SSSR count). The second-order valence-electron chi connectivity index (χ2n) is 6.68. The fourth-order valence-corrected chi connectivity index (χ4v) is 4.57. The Labute approximate surface area is 151 Å². The van der Waals surface area contributed by atoms with E-state index in [2.05, 4.69) is 13.8 Å². The van der Waals surface area contributed by atoms with Gasteiger partial charge in [-0.15, -0.1) is 23.5 Å². The highest BCUT2D eigenvalue weighted by atomic mass is 32.2. The third-order valence-corrected chi connectivity index (χ3v) is 6.72. The summed E-state index contributed by atoms with van der Waals surface area (Å²) in [5, 5.41) is 0.